The summed E-state index contributed by atoms with van der Waals surface area (Å²) in [4.78, 5) is 30.6. The van der Waals surface area contributed by atoms with Crippen LogP contribution < -0.4 is 0 Å². The van der Waals surface area contributed by atoms with Crippen molar-refractivity contribution in [2.45, 2.75) is 38.8 Å². The largest absolute Gasteiger partial charge is 0.468 e. The Balaban J connectivity index is 2.07. The summed E-state index contributed by atoms with van der Waals surface area (Å²) < 4.78 is 6.70. The highest BCUT2D eigenvalue weighted by atomic mass is 16.5. The van der Waals surface area contributed by atoms with Crippen LogP contribution in [-0.2, 0) is 20.9 Å². The topological polar surface area (TPSA) is 64.4 Å². The number of imidazole rings is 1. The molecule has 0 N–H and O–H groups in total. The van der Waals surface area contributed by atoms with Crippen LogP contribution in [0.4, 0.5) is 0 Å². The van der Waals surface area contributed by atoms with Crippen molar-refractivity contribution < 1.29 is 14.3 Å². The molecule has 6 heteroatoms. The second kappa shape index (κ2) is 6.40. The Morgan fingerprint density at radius 3 is 2.87 bits per heavy atom. The van der Waals surface area contributed by atoms with Crippen LogP contribution in [0.25, 0.3) is 11.0 Å². The molecule has 6 nitrogen and oxygen atoms in total. The predicted octanol–water partition coefficient (Wildman–Crippen LogP) is 2.28. The third-order valence-electron chi connectivity index (χ3n) is 4.37. The van der Waals surface area contributed by atoms with Crippen molar-refractivity contribution in [3.8, 4) is 0 Å². The van der Waals surface area contributed by atoms with Gasteiger partial charge in [-0.15, -0.1) is 0 Å². The SMILES string of the molecule is CCC(=O)N1CCC[C@@H]1c1nc2ccccc2n1CC(=O)OC. The number of hydrogen-bond donors (Lipinski definition) is 0. The maximum absolute atomic E-state index is 12.2. The lowest BCUT2D eigenvalue weighted by Gasteiger charge is -2.24. The molecular formula is C17H21N3O3. The number of ether oxygens (including phenoxy) is 1. The van der Waals surface area contributed by atoms with Crippen LogP contribution in [0.1, 0.15) is 38.1 Å². The van der Waals surface area contributed by atoms with Crippen LogP contribution in [0.2, 0.25) is 0 Å². The van der Waals surface area contributed by atoms with Crippen LogP contribution in [0.15, 0.2) is 24.3 Å². The number of carbonyl (C=O) groups is 2. The van der Waals surface area contributed by atoms with E-state index in [1.807, 2.05) is 40.7 Å². The molecule has 0 bridgehead atoms. The molecular weight excluding hydrogens is 294 g/mol. The zero-order valence-electron chi connectivity index (χ0n) is 13.5. The number of likely N-dealkylation sites (tertiary alicyclic amines) is 1. The van der Waals surface area contributed by atoms with Gasteiger partial charge < -0.3 is 14.2 Å². The zero-order chi connectivity index (χ0) is 16.4. The predicted molar refractivity (Wildman–Crippen MR) is 85.7 cm³/mol. The summed E-state index contributed by atoms with van der Waals surface area (Å²) >= 11 is 0. The highest BCUT2D eigenvalue weighted by Crippen LogP contribution is 2.33. The van der Waals surface area contributed by atoms with E-state index < -0.39 is 0 Å². The maximum atomic E-state index is 12.2. The third kappa shape index (κ3) is 2.81. The van der Waals surface area contributed by atoms with Crippen molar-refractivity contribution >= 4 is 22.9 Å². The van der Waals surface area contributed by atoms with E-state index in [0.29, 0.717) is 6.42 Å². The fraction of sp³-hybridized carbons (Fsp3) is 0.471. The van der Waals surface area contributed by atoms with Gasteiger partial charge in [0.1, 0.15) is 12.4 Å². The minimum atomic E-state index is -0.319. The first-order chi connectivity index (χ1) is 11.2. The lowest BCUT2D eigenvalue weighted by atomic mass is 10.2. The second-order valence-corrected chi connectivity index (χ2v) is 5.72. The van der Waals surface area contributed by atoms with Gasteiger partial charge in [-0.3, -0.25) is 9.59 Å². The van der Waals surface area contributed by atoms with Crippen molar-refractivity contribution in [3.63, 3.8) is 0 Å². The summed E-state index contributed by atoms with van der Waals surface area (Å²) in [5.74, 6) is 0.584. The molecule has 1 aliphatic heterocycles. The van der Waals surface area contributed by atoms with E-state index in [0.717, 1.165) is 36.2 Å². The normalized spacial score (nSPS) is 17.7. The molecule has 23 heavy (non-hydrogen) atoms. The van der Waals surface area contributed by atoms with Crippen molar-refractivity contribution in [1.29, 1.82) is 0 Å². The molecule has 0 saturated carbocycles. The maximum Gasteiger partial charge on any atom is 0.325 e. The number of esters is 1. The fourth-order valence-electron chi connectivity index (χ4n) is 3.25. The van der Waals surface area contributed by atoms with Crippen molar-refractivity contribution in [3.05, 3.63) is 30.1 Å². The Morgan fingerprint density at radius 2 is 2.13 bits per heavy atom. The van der Waals surface area contributed by atoms with Gasteiger partial charge in [-0.1, -0.05) is 19.1 Å². The molecule has 1 aromatic carbocycles. The molecule has 1 atom stereocenters. The lowest BCUT2D eigenvalue weighted by Crippen LogP contribution is -2.31. The first kappa shape index (κ1) is 15.5. The van der Waals surface area contributed by atoms with Gasteiger partial charge in [-0.05, 0) is 25.0 Å². The summed E-state index contributed by atoms with van der Waals surface area (Å²) in [5.41, 5.74) is 1.73. The van der Waals surface area contributed by atoms with Crippen LogP contribution >= 0.6 is 0 Å². The molecule has 1 fully saturated rings. The number of carbonyl (C=O) groups excluding carboxylic acids is 2. The molecule has 0 radical (unpaired) electrons. The molecule has 2 heterocycles. The van der Waals surface area contributed by atoms with Gasteiger partial charge in [0.2, 0.25) is 5.91 Å². The van der Waals surface area contributed by atoms with Crippen molar-refractivity contribution in [2.24, 2.45) is 0 Å². The van der Waals surface area contributed by atoms with E-state index in [4.69, 9.17) is 9.72 Å². The Hall–Kier alpha value is -2.37. The van der Waals surface area contributed by atoms with Gasteiger partial charge >= 0.3 is 5.97 Å². The number of nitrogens with zero attached hydrogens (tertiary/aromatic N) is 3. The fourth-order valence-corrected chi connectivity index (χ4v) is 3.25. The first-order valence-electron chi connectivity index (χ1n) is 7.97. The van der Waals surface area contributed by atoms with E-state index in [-0.39, 0.29) is 24.5 Å². The van der Waals surface area contributed by atoms with E-state index in [2.05, 4.69) is 0 Å². The average molecular weight is 315 g/mol. The van der Waals surface area contributed by atoms with Crippen LogP contribution in [-0.4, -0.2) is 40.0 Å². The highest BCUT2D eigenvalue weighted by Gasteiger charge is 2.33. The summed E-state index contributed by atoms with van der Waals surface area (Å²) in [6.45, 7) is 2.73. The number of fused-ring (bicyclic) bond motifs is 1. The minimum Gasteiger partial charge on any atom is -0.468 e. The molecule has 1 aromatic heterocycles. The van der Waals surface area contributed by atoms with E-state index >= 15 is 0 Å². The summed E-state index contributed by atoms with van der Waals surface area (Å²) in [7, 11) is 1.38. The van der Waals surface area contributed by atoms with Crippen molar-refractivity contribution in [2.75, 3.05) is 13.7 Å². The van der Waals surface area contributed by atoms with E-state index in [1.54, 1.807) is 0 Å². The van der Waals surface area contributed by atoms with Gasteiger partial charge in [-0.25, -0.2) is 4.98 Å². The highest BCUT2D eigenvalue weighted by molar-refractivity contribution is 5.80. The Morgan fingerprint density at radius 1 is 1.35 bits per heavy atom. The van der Waals surface area contributed by atoms with Gasteiger partial charge in [0.15, 0.2) is 0 Å². The minimum absolute atomic E-state index is 0.0699. The zero-order valence-corrected chi connectivity index (χ0v) is 13.5. The Labute approximate surface area is 135 Å². The van der Waals surface area contributed by atoms with Crippen LogP contribution in [0, 0.1) is 0 Å². The number of benzene rings is 1. The number of methoxy groups -OCH3 is 1. The summed E-state index contributed by atoms with van der Waals surface area (Å²) in [6, 6.07) is 7.64. The third-order valence-corrected chi connectivity index (χ3v) is 4.37. The first-order valence-corrected chi connectivity index (χ1v) is 7.97. The average Bonchev–Trinajstić information content (AvgIpc) is 3.19. The molecule has 1 saturated heterocycles. The smallest absolute Gasteiger partial charge is 0.325 e. The van der Waals surface area contributed by atoms with Gasteiger partial charge in [-0.2, -0.15) is 0 Å². The van der Waals surface area contributed by atoms with Crippen molar-refractivity contribution in [1.82, 2.24) is 14.5 Å². The van der Waals surface area contributed by atoms with Gasteiger partial charge in [0, 0.05) is 13.0 Å². The molecule has 0 aliphatic carbocycles. The monoisotopic (exact) mass is 315 g/mol. The summed E-state index contributed by atoms with van der Waals surface area (Å²) in [5, 5.41) is 0. The lowest BCUT2D eigenvalue weighted by molar-refractivity contribution is -0.141. The molecule has 0 spiro atoms. The molecule has 2 aromatic rings. The Kier molecular flexibility index (Phi) is 4.32. The van der Waals surface area contributed by atoms with E-state index in [1.165, 1.54) is 7.11 Å². The molecule has 1 aliphatic rings. The standard InChI is InChI=1S/C17H21N3O3/c1-3-15(21)19-10-6-9-14(19)17-18-12-7-4-5-8-13(12)20(17)11-16(22)23-2/h4-5,7-8,14H,3,6,9-11H2,1-2H3/t14-/m1/s1. The van der Waals surface area contributed by atoms with Crippen LogP contribution in [0.3, 0.4) is 0 Å². The molecule has 1 amide bonds. The van der Waals surface area contributed by atoms with Crippen LogP contribution in [0.5, 0.6) is 0 Å². The summed E-state index contributed by atoms with van der Waals surface area (Å²) in [6.07, 6.45) is 2.31. The van der Waals surface area contributed by atoms with E-state index in [9.17, 15) is 9.59 Å². The number of para-hydroxylation sites is 2. The number of amides is 1. The molecule has 0 unspecified atom stereocenters. The number of aromatic nitrogens is 2. The van der Waals surface area contributed by atoms with Gasteiger partial charge in [0.25, 0.3) is 0 Å². The van der Waals surface area contributed by atoms with Gasteiger partial charge in [0.05, 0.1) is 24.2 Å². The molecule has 3 rings (SSSR count). The quantitative estimate of drug-likeness (QED) is 0.812. The number of rotatable bonds is 4. The second-order valence-electron chi connectivity index (χ2n) is 5.72. The Bertz CT molecular complexity index is 738. The molecule has 122 valence electrons. The number of hydrogen-bond acceptors (Lipinski definition) is 4.